The van der Waals surface area contributed by atoms with Gasteiger partial charge in [0, 0.05) is 34.0 Å². The Balaban J connectivity index is 1.62. The number of hydrogen-bond acceptors (Lipinski definition) is 5. The molecule has 5 rings (SSSR count). The van der Waals surface area contributed by atoms with Crippen LogP contribution < -0.4 is 0 Å². The lowest BCUT2D eigenvalue weighted by Gasteiger charge is -2.05. The van der Waals surface area contributed by atoms with E-state index < -0.39 is 0 Å². The molecule has 0 atom stereocenters. The highest BCUT2D eigenvalue weighted by Gasteiger charge is 2.15. The number of H-pyrrole nitrogens is 2. The summed E-state index contributed by atoms with van der Waals surface area (Å²) >= 11 is 6.64. The molecule has 0 spiro atoms. The fourth-order valence-corrected chi connectivity index (χ4v) is 4.22. The monoisotopic (exact) mass is 404 g/mol. The molecule has 28 heavy (non-hydrogen) atoms. The quantitative estimate of drug-likeness (QED) is 0.366. The maximum Gasteiger partial charge on any atom is 0.314 e. The number of aryl methyl sites for hydroxylation is 1. The van der Waals surface area contributed by atoms with E-state index in [0.29, 0.717) is 17.9 Å². The van der Waals surface area contributed by atoms with Crippen molar-refractivity contribution < 1.29 is 4.52 Å². The Kier molecular flexibility index (Phi) is 4.18. The van der Waals surface area contributed by atoms with Gasteiger partial charge in [-0.3, -0.25) is 0 Å². The summed E-state index contributed by atoms with van der Waals surface area (Å²) in [5, 5.41) is 8.21. The molecule has 7 heteroatoms. The molecule has 0 unspecified atom stereocenters. The molecular weight excluding hydrogens is 388 g/mol. The highest BCUT2D eigenvalue weighted by Crippen LogP contribution is 2.33. The summed E-state index contributed by atoms with van der Waals surface area (Å²) in [4.78, 5) is 12.7. The Morgan fingerprint density at radius 1 is 1.14 bits per heavy atom. The lowest BCUT2D eigenvalue weighted by Crippen LogP contribution is -1.96. The SMILES string of the molecule is Cc1ccc2c(Cc3cccc(-c4nc(=S)o[nH]4)n3)c(-c3ccsc3)[nH]c2c1. The van der Waals surface area contributed by atoms with E-state index in [1.165, 1.54) is 22.1 Å². The van der Waals surface area contributed by atoms with Gasteiger partial charge in [-0.2, -0.15) is 21.5 Å². The van der Waals surface area contributed by atoms with E-state index >= 15 is 0 Å². The van der Waals surface area contributed by atoms with E-state index in [1.807, 2.05) is 18.2 Å². The van der Waals surface area contributed by atoms with Crippen LogP contribution in [0.4, 0.5) is 0 Å². The highest BCUT2D eigenvalue weighted by molar-refractivity contribution is 7.71. The first-order valence-corrected chi connectivity index (χ1v) is 10.2. The van der Waals surface area contributed by atoms with E-state index in [9.17, 15) is 0 Å². The van der Waals surface area contributed by atoms with E-state index in [-0.39, 0.29) is 4.84 Å². The number of rotatable bonds is 4. The first kappa shape index (κ1) is 17.1. The van der Waals surface area contributed by atoms with Crippen LogP contribution in [0.25, 0.3) is 33.7 Å². The molecule has 138 valence electrons. The molecule has 0 bridgehead atoms. The molecule has 2 N–H and O–H groups in total. The van der Waals surface area contributed by atoms with Crippen LogP contribution in [0.2, 0.25) is 0 Å². The van der Waals surface area contributed by atoms with Crippen LogP contribution in [0, 0.1) is 11.8 Å². The van der Waals surface area contributed by atoms with Crippen LogP contribution in [0.5, 0.6) is 0 Å². The number of hydrogen-bond donors (Lipinski definition) is 2. The van der Waals surface area contributed by atoms with Gasteiger partial charge >= 0.3 is 4.84 Å². The van der Waals surface area contributed by atoms with Crippen molar-refractivity contribution in [3.63, 3.8) is 0 Å². The van der Waals surface area contributed by atoms with Crippen molar-refractivity contribution in [3.8, 4) is 22.8 Å². The first-order valence-electron chi connectivity index (χ1n) is 8.83. The Hall–Kier alpha value is -3.03. The summed E-state index contributed by atoms with van der Waals surface area (Å²) in [7, 11) is 0. The van der Waals surface area contributed by atoms with Gasteiger partial charge in [0.15, 0.2) is 5.82 Å². The topological polar surface area (TPSA) is 70.5 Å². The summed E-state index contributed by atoms with van der Waals surface area (Å²) in [6, 6.07) is 14.6. The minimum Gasteiger partial charge on any atom is -0.354 e. The maximum atomic E-state index is 5.04. The van der Waals surface area contributed by atoms with Crippen LogP contribution >= 0.6 is 23.6 Å². The number of fused-ring (bicyclic) bond motifs is 1. The van der Waals surface area contributed by atoms with Crippen LogP contribution in [-0.2, 0) is 6.42 Å². The van der Waals surface area contributed by atoms with Gasteiger partial charge in [0.05, 0.1) is 5.69 Å². The molecule has 0 aliphatic rings. The van der Waals surface area contributed by atoms with Crippen molar-refractivity contribution in [1.82, 2.24) is 20.1 Å². The van der Waals surface area contributed by atoms with Gasteiger partial charge in [0.25, 0.3) is 0 Å². The van der Waals surface area contributed by atoms with Crippen molar-refractivity contribution in [1.29, 1.82) is 0 Å². The van der Waals surface area contributed by atoms with Crippen molar-refractivity contribution in [2.75, 3.05) is 0 Å². The zero-order chi connectivity index (χ0) is 19.1. The van der Waals surface area contributed by atoms with Gasteiger partial charge in [-0.15, -0.1) is 0 Å². The number of pyridine rings is 1. The number of nitrogens with zero attached hydrogens (tertiary/aromatic N) is 2. The van der Waals surface area contributed by atoms with E-state index in [0.717, 1.165) is 16.9 Å². The zero-order valence-electron chi connectivity index (χ0n) is 15.0. The molecule has 0 saturated carbocycles. The fourth-order valence-electron chi connectivity index (χ4n) is 3.44. The minimum absolute atomic E-state index is 0.175. The Morgan fingerprint density at radius 2 is 2.07 bits per heavy atom. The normalized spacial score (nSPS) is 11.3. The van der Waals surface area contributed by atoms with Crippen molar-refractivity contribution >= 4 is 34.5 Å². The second-order valence-electron chi connectivity index (χ2n) is 6.66. The number of aromatic nitrogens is 4. The van der Waals surface area contributed by atoms with Crippen LogP contribution in [0.3, 0.4) is 0 Å². The molecular formula is C21H16N4OS2. The van der Waals surface area contributed by atoms with E-state index in [4.69, 9.17) is 21.7 Å². The second-order valence-corrected chi connectivity index (χ2v) is 7.79. The molecule has 0 saturated heterocycles. The molecule has 4 aromatic heterocycles. The molecule has 0 amide bonds. The highest BCUT2D eigenvalue weighted by atomic mass is 32.1. The number of thiophene rings is 1. The van der Waals surface area contributed by atoms with E-state index in [2.05, 4.69) is 57.1 Å². The minimum atomic E-state index is 0.175. The van der Waals surface area contributed by atoms with Gasteiger partial charge in [0.2, 0.25) is 0 Å². The third-order valence-electron chi connectivity index (χ3n) is 4.72. The van der Waals surface area contributed by atoms with Gasteiger partial charge in [0.1, 0.15) is 5.69 Å². The Labute approximate surface area is 170 Å². The first-order chi connectivity index (χ1) is 13.7. The molecule has 0 aliphatic heterocycles. The average molecular weight is 405 g/mol. The Bertz CT molecular complexity index is 1330. The largest absolute Gasteiger partial charge is 0.354 e. The molecule has 5 aromatic rings. The molecule has 0 radical (unpaired) electrons. The summed E-state index contributed by atoms with van der Waals surface area (Å²) in [5.41, 5.74) is 7.64. The van der Waals surface area contributed by atoms with Crippen LogP contribution in [-0.4, -0.2) is 20.1 Å². The number of benzene rings is 1. The third kappa shape index (κ3) is 3.08. The fraction of sp³-hybridized carbons (Fsp3) is 0.0952. The lowest BCUT2D eigenvalue weighted by atomic mass is 10.0. The zero-order valence-corrected chi connectivity index (χ0v) is 16.7. The van der Waals surface area contributed by atoms with Crippen molar-refractivity contribution in [2.24, 2.45) is 0 Å². The molecule has 4 heterocycles. The lowest BCUT2D eigenvalue weighted by molar-refractivity contribution is 0.406. The third-order valence-corrected chi connectivity index (χ3v) is 5.57. The molecule has 0 aliphatic carbocycles. The molecule has 1 aromatic carbocycles. The Morgan fingerprint density at radius 3 is 2.86 bits per heavy atom. The summed E-state index contributed by atoms with van der Waals surface area (Å²) in [6.07, 6.45) is 0.709. The second kappa shape index (κ2) is 6.85. The summed E-state index contributed by atoms with van der Waals surface area (Å²) in [6.45, 7) is 2.11. The predicted molar refractivity (Wildman–Crippen MR) is 114 cm³/mol. The summed E-state index contributed by atoms with van der Waals surface area (Å²) < 4.78 is 5.04. The molecule has 0 fully saturated rings. The van der Waals surface area contributed by atoms with Gasteiger partial charge in [-0.05, 0) is 59.9 Å². The number of nitrogens with one attached hydrogen (secondary N) is 2. The van der Waals surface area contributed by atoms with Crippen LogP contribution in [0.1, 0.15) is 16.8 Å². The molecule has 5 nitrogen and oxygen atoms in total. The number of aromatic amines is 2. The van der Waals surface area contributed by atoms with Gasteiger partial charge in [-0.25, -0.2) is 4.98 Å². The smallest absolute Gasteiger partial charge is 0.314 e. The predicted octanol–water partition coefficient (Wildman–Crippen LogP) is 5.90. The van der Waals surface area contributed by atoms with Crippen LogP contribution in [0.15, 0.2) is 57.7 Å². The summed E-state index contributed by atoms with van der Waals surface area (Å²) in [5.74, 6) is 0.541. The van der Waals surface area contributed by atoms with Gasteiger partial charge in [-0.1, -0.05) is 18.2 Å². The van der Waals surface area contributed by atoms with Crippen molar-refractivity contribution in [2.45, 2.75) is 13.3 Å². The maximum absolute atomic E-state index is 5.04. The standard InChI is InChI=1S/C21H16N4OS2/c1-12-5-6-15-16(19(23-18(15)9-12)13-7-8-28-11-13)10-14-3-2-4-17(22-14)20-24-21(27)26-25-20/h2-9,11,23H,10H2,1H3,(H,24,25,27). The van der Waals surface area contributed by atoms with E-state index in [1.54, 1.807) is 11.3 Å². The van der Waals surface area contributed by atoms with Crippen molar-refractivity contribution in [3.05, 3.63) is 74.9 Å². The average Bonchev–Trinajstić information content (AvgIpc) is 3.42. The van der Waals surface area contributed by atoms with Gasteiger partial charge < -0.3 is 9.51 Å².